The molecule has 0 aliphatic heterocycles. The Kier molecular flexibility index (Phi) is 5.39. The van der Waals surface area contributed by atoms with Crippen LogP contribution < -0.4 is 5.32 Å². The van der Waals surface area contributed by atoms with Gasteiger partial charge in [-0.1, -0.05) is 13.3 Å². The number of esters is 1. The van der Waals surface area contributed by atoms with E-state index in [-0.39, 0.29) is 5.91 Å². The lowest BCUT2D eigenvalue weighted by Crippen LogP contribution is -2.39. The van der Waals surface area contributed by atoms with Crippen LogP contribution in [-0.4, -0.2) is 24.5 Å². The highest BCUT2D eigenvalue weighted by Gasteiger charge is 2.23. The van der Waals surface area contributed by atoms with Gasteiger partial charge < -0.3 is 10.1 Å². The van der Waals surface area contributed by atoms with Crippen molar-refractivity contribution in [3.05, 3.63) is 21.4 Å². The number of ether oxygens (including phenoxy) is 1. The van der Waals surface area contributed by atoms with Crippen molar-refractivity contribution in [1.29, 1.82) is 0 Å². The van der Waals surface area contributed by atoms with E-state index < -0.39 is 12.0 Å². The molecule has 1 aliphatic carbocycles. The minimum absolute atomic E-state index is 0.178. The zero-order valence-corrected chi connectivity index (χ0v) is 13.7. The highest BCUT2D eigenvalue weighted by atomic mass is 32.1. The Morgan fingerprint density at radius 3 is 2.90 bits per heavy atom. The molecule has 1 amide bonds. The first-order valence-corrected chi connectivity index (χ1v) is 8.45. The molecule has 4 nitrogen and oxygen atoms in total. The molecule has 0 saturated carbocycles. The molecular weight excluding hydrogens is 286 g/mol. The third-order valence-electron chi connectivity index (χ3n) is 3.97. The Morgan fingerprint density at radius 2 is 2.24 bits per heavy atom. The number of carbonyl (C=O) groups is 2. The van der Waals surface area contributed by atoms with Crippen LogP contribution in [0.1, 0.15) is 53.7 Å². The van der Waals surface area contributed by atoms with Crippen LogP contribution in [0.2, 0.25) is 0 Å². The van der Waals surface area contributed by atoms with Crippen LogP contribution in [0.5, 0.6) is 0 Å². The Labute approximate surface area is 129 Å². The smallest absolute Gasteiger partial charge is 0.328 e. The summed E-state index contributed by atoms with van der Waals surface area (Å²) in [6.07, 6.45) is 4.54. The van der Waals surface area contributed by atoms with Gasteiger partial charge in [-0.3, -0.25) is 4.79 Å². The summed E-state index contributed by atoms with van der Waals surface area (Å²) < 4.78 is 4.90. The van der Waals surface area contributed by atoms with Crippen LogP contribution in [0.3, 0.4) is 0 Å². The lowest BCUT2D eigenvalue weighted by atomic mass is 9.87. The summed E-state index contributed by atoms with van der Waals surface area (Å²) >= 11 is 1.56. The van der Waals surface area contributed by atoms with Gasteiger partial charge in [-0.05, 0) is 50.7 Å². The molecule has 0 aromatic carbocycles. The van der Waals surface area contributed by atoms with Gasteiger partial charge in [-0.2, -0.15) is 0 Å². The zero-order valence-electron chi connectivity index (χ0n) is 12.9. The molecule has 2 unspecified atom stereocenters. The number of carbonyl (C=O) groups excluding carboxylic acids is 2. The van der Waals surface area contributed by atoms with Gasteiger partial charge in [-0.15, -0.1) is 11.3 Å². The number of fused-ring (bicyclic) bond motifs is 1. The van der Waals surface area contributed by atoms with E-state index in [2.05, 4.69) is 12.2 Å². The third-order valence-corrected chi connectivity index (χ3v) is 5.21. The van der Waals surface area contributed by atoms with Gasteiger partial charge in [-0.25, -0.2) is 4.79 Å². The molecule has 2 rings (SSSR count). The fourth-order valence-corrected chi connectivity index (χ4v) is 3.76. The Hall–Kier alpha value is -1.36. The van der Waals surface area contributed by atoms with E-state index in [9.17, 15) is 9.59 Å². The SMILES string of the molecule is CCOC(=O)C(C)NC(=O)c1cc2c(s1)CCC(CC)C2. The highest BCUT2D eigenvalue weighted by molar-refractivity contribution is 7.14. The molecule has 0 saturated heterocycles. The summed E-state index contributed by atoms with van der Waals surface area (Å²) in [6.45, 7) is 5.95. The molecule has 1 aliphatic rings. The summed E-state index contributed by atoms with van der Waals surface area (Å²) in [5.74, 6) is 0.169. The molecule has 0 spiro atoms. The number of hydrogen-bond donors (Lipinski definition) is 1. The maximum atomic E-state index is 12.2. The minimum atomic E-state index is -0.611. The summed E-state index contributed by atoms with van der Waals surface area (Å²) in [5.41, 5.74) is 1.31. The molecule has 1 aromatic rings. The number of aryl methyl sites for hydroxylation is 1. The average molecular weight is 309 g/mol. The first-order valence-electron chi connectivity index (χ1n) is 7.64. The van der Waals surface area contributed by atoms with Crippen LogP contribution in [0.4, 0.5) is 0 Å². The Bertz CT molecular complexity index is 524. The number of hydrogen-bond acceptors (Lipinski definition) is 4. The lowest BCUT2D eigenvalue weighted by Gasteiger charge is -2.19. The van der Waals surface area contributed by atoms with Gasteiger partial charge in [0.15, 0.2) is 0 Å². The van der Waals surface area contributed by atoms with E-state index in [0.29, 0.717) is 11.5 Å². The van der Waals surface area contributed by atoms with Gasteiger partial charge in [0, 0.05) is 4.88 Å². The second kappa shape index (κ2) is 7.07. The number of thiophene rings is 1. The van der Waals surface area contributed by atoms with Crippen molar-refractivity contribution in [2.45, 2.75) is 52.5 Å². The number of nitrogens with one attached hydrogen (secondary N) is 1. The maximum Gasteiger partial charge on any atom is 0.328 e. The summed E-state index contributed by atoms with van der Waals surface area (Å²) in [7, 11) is 0. The first-order chi connectivity index (χ1) is 10.0. The average Bonchev–Trinajstić information content (AvgIpc) is 2.90. The predicted molar refractivity (Wildman–Crippen MR) is 83.7 cm³/mol. The van der Waals surface area contributed by atoms with Crippen molar-refractivity contribution in [2.24, 2.45) is 5.92 Å². The normalized spacial score (nSPS) is 18.7. The number of rotatable bonds is 5. The predicted octanol–water partition coefficient (Wildman–Crippen LogP) is 2.94. The highest BCUT2D eigenvalue weighted by Crippen LogP contribution is 2.33. The second-order valence-electron chi connectivity index (χ2n) is 5.52. The quantitative estimate of drug-likeness (QED) is 0.851. The molecular formula is C16H23NO3S. The lowest BCUT2D eigenvalue weighted by molar-refractivity contribution is -0.144. The van der Waals surface area contributed by atoms with Crippen LogP contribution in [0.15, 0.2) is 6.07 Å². The van der Waals surface area contributed by atoms with E-state index >= 15 is 0 Å². The van der Waals surface area contributed by atoms with E-state index in [4.69, 9.17) is 4.74 Å². The molecule has 0 bridgehead atoms. The standard InChI is InChI=1S/C16H23NO3S/c1-4-11-6-7-13-12(8-11)9-14(21-13)15(18)17-10(3)16(19)20-5-2/h9-11H,4-8H2,1-3H3,(H,17,18). The molecule has 1 N–H and O–H groups in total. The first kappa shape index (κ1) is 16.0. The topological polar surface area (TPSA) is 55.4 Å². The fourth-order valence-electron chi connectivity index (χ4n) is 2.65. The third kappa shape index (κ3) is 3.84. The molecule has 1 aromatic heterocycles. The summed E-state index contributed by atoms with van der Waals surface area (Å²) in [5, 5.41) is 2.71. The van der Waals surface area contributed by atoms with Crippen molar-refractivity contribution in [3.63, 3.8) is 0 Å². The van der Waals surface area contributed by atoms with Crippen LogP contribution in [-0.2, 0) is 22.4 Å². The molecule has 1 heterocycles. The van der Waals surface area contributed by atoms with E-state index in [0.717, 1.165) is 18.8 Å². The van der Waals surface area contributed by atoms with Crippen LogP contribution in [0.25, 0.3) is 0 Å². The minimum Gasteiger partial charge on any atom is -0.464 e. The van der Waals surface area contributed by atoms with E-state index in [1.54, 1.807) is 25.2 Å². The van der Waals surface area contributed by atoms with Crippen molar-refractivity contribution < 1.29 is 14.3 Å². The van der Waals surface area contributed by atoms with Gasteiger partial charge in [0.2, 0.25) is 0 Å². The summed E-state index contributed by atoms with van der Waals surface area (Å²) in [6, 6.07) is 1.38. The molecule has 0 fully saturated rings. The van der Waals surface area contributed by atoms with Crippen molar-refractivity contribution >= 4 is 23.2 Å². The van der Waals surface area contributed by atoms with Gasteiger partial charge in [0.1, 0.15) is 6.04 Å². The van der Waals surface area contributed by atoms with Crippen LogP contribution in [0, 0.1) is 5.92 Å². The van der Waals surface area contributed by atoms with Gasteiger partial charge >= 0.3 is 5.97 Å². The molecule has 2 atom stereocenters. The Balaban J connectivity index is 2.01. The zero-order chi connectivity index (χ0) is 15.4. The van der Waals surface area contributed by atoms with Crippen LogP contribution >= 0.6 is 11.3 Å². The Morgan fingerprint density at radius 1 is 1.48 bits per heavy atom. The van der Waals surface area contributed by atoms with Crippen molar-refractivity contribution in [1.82, 2.24) is 5.32 Å². The molecule has 116 valence electrons. The fraction of sp³-hybridized carbons (Fsp3) is 0.625. The number of amides is 1. The summed E-state index contributed by atoms with van der Waals surface area (Å²) in [4.78, 5) is 25.8. The van der Waals surface area contributed by atoms with Gasteiger partial charge in [0.05, 0.1) is 11.5 Å². The van der Waals surface area contributed by atoms with Gasteiger partial charge in [0.25, 0.3) is 5.91 Å². The monoisotopic (exact) mass is 309 g/mol. The molecule has 5 heteroatoms. The largest absolute Gasteiger partial charge is 0.464 e. The van der Waals surface area contributed by atoms with E-state index in [1.807, 2.05) is 6.07 Å². The maximum absolute atomic E-state index is 12.2. The van der Waals surface area contributed by atoms with E-state index in [1.165, 1.54) is 23.3 Å². The van der Waals surface area contributed by atoms with Crippen molar-refractivity contribution in [3.8, 4) is 0 Å². The molecule has 0 radical (unpaired) electrons. The molecule has 21 heavy (non-hydrogen) atoms. The van der Waals surface area contributed by atoms with Crippen molar-refractivity contribution in [2.75, 3.05) is 6.61 Å². The second-order valence-corrected chi connectivity index (χ2v) is 6.66.